The zero-order valence-electron chi connectivity index (χ0n) is 9.34. The van der Waals surface area contributed by atoms with Gasteiger partial charge in [-0.15, -0.1) is 11.3 Å². The van der Waals surface area contributed by atoms with Gasteiger partial charge in [0.2, 0.25) is 0 Å². The number of aromatic nitrogens is 1. The second kappa shape index (κ2) is 5.58. The molecule has 0 bridgehead atoms. The molecular formula is C12H12ClFN2S. The van der Waals surface area contributed by atoms with Crippen molar-refractivity contribution in [2.24, 2.45) is 0 Å². The minimum Gasteiger partial charge on any atom is -0.306 e. The summed E-state index contributed by atoms with van der Waals surface area (Å²) in [6.07, 6.45) is 1.85. The van der Waals surface area contributed by atoms with E-state index in [1.54, 1.807) is 17.4 Å². The minimum atomic E-state index is -0.379. The van der Waals surface area contributed by atoms with Crippen LogP contribution >= 0.6 is 22.9 Å². The number of hydrogen-bond acceptors (Lipinski definition) is 3. The molecule has 0 atom stereocenters. The van der Waals surface area contributed by atoms with Crippen molar-refractivity contribution >= 4 is 22.9 Å². The first kappa shape index (κ1) is 12.5. The van der Waals surface area contributed by atoms with Gasteiger partial charge in [-0.25, -0.2) is 9.37 Å². The Morgan fingerprint density at radius 1 is 1.41 bits per heavy atom. The number of hydrogen-bond donors (Lipinski definition) is 1. The predicted molar refractivity (Wildman–Crippen MR) is 68.8 cm³/mol. The summed E-state index contributed by atoms with van der Waals surface area (Å²) in [5.74, 6) is -0.379. The summed E-state index contributed by atoms with van der Waals surface area (Å²) >= 11 is 7.27. The van der Waals surface area contributed by atoms with Crippen LogP contribution in [0.5, 0.6) is 0 Å². The second-order valence-corrected chi connectivity index (χ2v) is 5.44. The molecule has 90 valence electrons. The molecule has 1 N–H and O–H groups in total. The van der Waals surface area contributed by atoms with Crippen molar-refractivity contribution in [1.29, 1.82) is 0 Å². The van der Waals surface area contributed by atoms with E-state index in [0.717, 1.165) is 10.6 Å². The van der Waals surface area contributed by atoms with Crippen LogP contribution in [-0.2, 0) is 13.1 Å². The van der Waals surface area contributed by atoms with Crippen LogP contribution in [-0.4, -0.2) is 4.98 Å². The first-order valence-corrected chi connectivity index (χ1v) is 6.40. The highest BCUT2D eigenvalue weighted by Crippen LogP contribution is 2.16. The predicted octanol–water partition coefficient (Wildman–Crippen LogP) is 3.53. The molecule has 2 nitrogen and oxygen atoms in total. The molecule has 1 aromatic heterocycles. The molecule has 0 fully saturated rings. The van der Waals surface area contributed by atoms with E-state index < -0.39 is 0 Å². The monoisotopic (exact) mass is 270 g/mol. The van der Waals surface area contributed by atoms with Crippen LogP contribution in [0.15, 0.2) is 24.4 Å². The van der Waals surface area contributed by atoms with E-state index in [-0.39, 0.29) is 10.8 Å². The quantitative estimate of drug-likeness (QED) is 0.919. The number of nitrogens with one attached hydrogen (secondary N) is 1. The molecule has 1 aromatic carbocycles. The fraction of sp³-hybridized carbons (Fsp3) is 0.250. The van der Waals surface area contributed by atoms with E-state index in [1.807, 2.05) is 19.2 Å². The third-order valence-corrected chi connectivity index (χ3v) is 3.48. The molecule has 0 spiro atoms. The van der Waals surface area contributed by atoms with E-state index >= 15 is 0 Å². The maximum absolute atomic E-state index is 13.2. The van der Waals surface area contributed by atoms with Gasteiger partial charge in [-0.1, -0.05) is 17.7 Å². The number of aryl methyl sites for hydroxylation is 1. The Morgan fingerprint density at radius 3 is 2.88 bits per heavy atom. The van der Waals surface area contributed by atoms with Gasteiger partial charge in [0.1, 0.15) is 10.8 Å². The van der Waals surface area contributed by atoms with Gasteiger partial charge >= 0.3 is 0 Å². The molecule has 0 aliphatic rings. The van der Waals surface area contributed by atoms with Crippen molar-refractivity contribution in [3.8, 4) is 0 Å². The lowest BCUT2D eigenvalue weighted by Crippen LogP contribution is -2.12. The molecule has 0 aliphatic heterocycles. The van der Waals surface area contributed by atoms with Crippen LogP contribution in [0.25, 0.3) is 0 Å². The molecule has 0 saturated heterocycles. The molecule has 2 rings (SSSR count). The van der Waals surface area contributed by atoms with Gasteiger partial charge in [0.25, 0.3) is 0 Å². The Hall–Kier alpha value is -0.970. The van der Waals surface area contributed by atoms with Crippen molar-refractivity contribution < 1.29 is 4.39 Å². The Bertz CT molecular complexity index is 513. The van der Waals surface area contributed by atoms with Crippen LogP contribution in [0.1, 0.15) is 15.4 Å². The lowest BCUT2D eigenvalue weighted by atomic mass is 10.2. The molecule has 2 aromatic rings. The SMILES string of the molecule is Cc1cnc(CNCc2ccc(Cl)c(F)c2)s1. The summed E-state index contributed by atoms with van der Waals surface area (Å²) in [5.41, 5.74) is 0.875. The summed E-state index contributed by atoms with van der Waals surface area (Å²) in [5, 5.41) is 4.41. The zero-order valence-corrected chi connectivity index (χ0v) is 10.9. The first-order chi connectivity index (χ1) is 8.15. The standard InChI is InChI=1S/C12H12ClFN2S/c1-8-5-16-12(17-8)7-15-6-9-2-3-10(13)11(14)4-9/h2-5,15H,6-7H2,1H3. The fourth-order valence-electron chi connectivity index (χ4n) is 1.45. The minimum absolute atomic E-state index is 0.157. The van der Waals surface area contributed by atoms with Crippen molar-refractivity contribution in [3.63, 3.8) is 0 Å². The zero-order chi connectivity index (χ0) is 12.3. The van der Waals surface area contributed by atoms with E-state index in [1.165, 1.54) is 10.9 Å². The Kier molecular flexibility index (Phi) is 4.10. The van der Waals surface area contributed by atoms with E-state index in [2.05, 4.69) is 10.3 Å². The van der Waals surface area contributed by atoms with Gasteiger partial charge < -0.3 is 5.32 Å². The molecule has 0 amide bonds. The normalized spacial score (nSPS) is 10.8. The smallest absolute Gasteiger partial charge is 0.142 e. The van der Waals surface area contributed by atoms with Crippen LogP contribution < -0.4 is 5.32 Å². The lowest BCUT2D eigenvalue weighted by molar-refractivity contribution is 0.620. The van der Waals surface area contributed by atoms with Crippen LogP contribution in [0, 0.1) is 12.7 Å². The van der Waals surface area contributed by atoms with E-state index in [0.29, 0.717) is 13.1 Å². The summed E-state index contributed by atoms with van der Waals surface area (Å²) in [4.78, 5) is 5.43. The number of halogens is 2. The van der Waals surface area contributed by atoms with Crippen LogP contribution in [0.2, 0.25) is 5.02 Å². The van der Waals surface area contributed by atoms with E-state index in [4.69, 9.17) is 11.6 Å². The number of benzene rings is 1. The average molecular weight is 271 g/mol. The fourth-order valence-corrected chi connectivity index (χ4v) is 2.32. The maximum atomic E-state index is 13.2. The number of thiazole rings is 1. The average Bonchev–Trinajstić information content (AvgIpc) is 2.70. The molecule has 1 heterocycles. The van der Waals surface area contributed by atoms with Crippen LogP contribution in [0.4, 0.5) is 4.39 Å². The van der Waals surface area contributed by atoms with Crippen LogP contribution in [0.3, 0.4) is 0 Å². The molecule has 0 saturated carbocycles. The largest absolute Gasteiger partial charge is 0.306 e. The van der Waals surface area contributed by atoms with Gasteiger partial charge in [0.05, 0.1) is 5.02 Å². The highest BCUT2D eigenvalue weighted by molar-refractivity contribution is 7.11. The summed E-state index contributed by atoms with van der Waals surface area (Å²) in [7, 11) is 0. The van der Waals surface area contributed by atoms with Gasteiger partial charge in [0.15, 0.2) is 0 Å². The molecular weight excluding hydrogens is 259 g/mol. The summed E-state index contributed by atoms with van der Waals surface area (Å²) < 4.78 is 13.2. The van der Waals surface area contributed by atoms with Crippen molar-refractivity contribution in [2.75, 3.05) is 0 Å². The van der Waals surface area contributed by atoms with Gasteiger partial charge in [0, 0.05) is 24.2 Å². The molecule has 0 radical (unpaired) electrons. The topological polar surface area (TPSA) is 24.9 Å². The first-order valence-electron chi connectivity index (χ1n) is 5.21. The molecule has 17 heavy (non-hydrogen) atoms. The number of rotatable bonds is 4. The molecule has 0 unspecified atom stereocenters. The summed E-state index contributed by atoms with van der Waals surface area (Å²) in [6.45, 7) is 3.32. The molecule has 0 aliphatic carbocycles. The van der Waals surface area contributed by atoms with Gasteiger partial charge in [-0.05, 0) is 24.6 Å². The van der Waals surface area contributed by atoms with E-state index in [9.17, 15) is 4.39 Å². The third kappa shape index (κ3) is 3.49. The van der Waals surface area contributed by atoms with Crippen molar-refractivity contribution in [1.82, 2.24) is 10.3 Å². The van der Waals surface area contributed by atoms with Crippen molar-refractivity contribution in [2.45, 2.75) is 20.0 Å². The Morgan fingerprint density at radius 2 is 2.24 bits per heavy atom. The van der Waals surface area contributed by atoms with Crippen molar-refractivity contribution in [3.05, 3.63) is 50.7 Å². The maximum Gasteiger partial charge on any atom is 0.142 e. The van der Waals surface area contributed by atoms with Gasteiger partial charge in [-0.2, -0.15) is 0 Å². The lowest BCUT2D eigenvalue weighted by Gasteiger charge is -2.03. The van der Waals surface area contributed by atoms with Gasteiger partial charge in [-0.3, -0.25) is 0 Å². The highest BCUT2D eigenvalue weighted by Gasteiger charge is 2.02. The number of nitrogens with zero attached hydrogens (tertiary/aromatic N) is 1. The Labute approximate surface area is 108 Å². The third-order valence-electron chi connectivity index (χ3n) is 2.26. The Balaban J connectivity index is 1.87. The second-order valence-electron chi connectivity index (χ2n) is 3.72. The summed E-state index contributed by atoms with van der Waals surface area (Å²) in [6, 6.07) is 4.83. The highest BCUT2D eigenvalue weighted by atomic mass is 35.5. The molecule has 5 heteroatoms.